The quantitative estimate of drug-likeness (QED) is 0.323. The molecule has 0 amide bonds. The van der Waals surface area contributed by atoms with E-state index in [0.717, 1.165) is 22.8 Å². The number of hydrogen-bond donors (Lipinski definition) is 0. The van der Waals surface area contributed by atoms with Crippen LogP contribution in [0.3, 0.4) is 0 Å². The lowest BCUT2D eigenvalue weighted by Crippen LogP contribution is -2.11. The van der Waals surface area contributed by atoms with E-state index in [1.807, 2.05) is 12.1 Å². The summed E-state index contributed by atoms with van der Waals surface area (Å²) in [7, 11) is 1.71. The second-order valence-electron chi connectivity index (χ2n) is 7.03. The first-order valence-corrected chi connectivity index (χ1v) is 9.75. The second-order valence-corrected chi connectivity index (χ2v) is 7.03. The molecule has 0 atom stereocenters. The molecule has 0 N–H and O–H groups in total. The van der Waals surface area contributed by atoms with E-state index in [1.54, 1.807) is 7.11 Å². The maximum atomic E-state index is 5.53. The van der Waals surface area contributed by atoms with E-state index in [0.29, 0.717) is 0 Å². The lowest BCUT2D eigenvalue weighted by molar-refractivity contribution is 0.415. The summed E-state index contributed by atoms with van der Waals surface area (Å²) in [6, 6.07) is 38.2. The van der Waals surface area contributed by atoms with E-state index in [4.69, 9.17) is 4.74 Å². The van der Waals surface area contributed by atoms with Crippen molar-refractivity contribution in [3.05, 3.63) is 109 Å². The molecule has 0 heterocycles. The highest BCUT2D eigenvalue weighted by molar-refractivity contribution is 6.04. The van der Waals surface area contributed by atoms with Gasteiger partial charge in [-0.3, -0.25) is 0 Å². The summed E-state index contributed by atoms with van der Waals surface area (Å²) >= 11 is 0. The predicted molar refractivity (Wildman–Crippen MR) is 123 cm³/mol. The summed E-state index contributed by atoms with van der Waals surface area (Å²) in [5, 5.41) is 4.87. The van der Waals surface area contributed by atoms with Crippen LogP contribution in [0.1, 0.15) is 0 Å². The van der Waals surface area contributed by atoms with Crippen molar-refractivity contribution in [1.29, 1.82) is 0 Å². The average Bonchev–Trinajstić information content (AvgIpc) is 2.80. The third kappa shape index (κ3) is 3.09. The zero-order valence-corrected chi connectivity index (χ0v) is 16.2. The largest absolute Gasteiger partial charge is 0.497 e. The molecule has 0 radical (unpaired) electrons. The van der Waals surface area contributed by atoms with Gasteiger partial charge in [0.1, 0.15) is 5.75 Å². The normalized spacial score (nSPS) is 10.9. The Kier molecular flexibility index (Phi) is 4.38. The maximum Gasteiger partial charge on any atom is 0.120 e. The van der Waals surface area contributed by atoms with Gasteiger partial charge < -0.3 is 9.64 Å². The molecule has 0 saturated heterocycles. The summed E-state index contributed by atoms with van der Waals surface area (Å²) < 4.78 is 5.53. The number of benzene rings is 5. The molecule has 140 valence electrons. The van der Waals surface area contributed by atoms with Gasteiger partial charge in [0.25, 0.3) is 0 Å². The minimum absolute atomic E-state index is 0.841. The number of ether oxygens (including phenoxy) is 1. The Balaban J connectivity index is 1.84. The standard InChI is InChI=1S/C27H21NO/c1-29-23-14-8-13-22(19-23)28(26-17-6-11-20-9-2-4-15-24(20)26)27-18-7-12-21-10-3-5-16-25(21)27/h2-19H,1H3. The topological polar surface area (TPSA) is 12.5 Å². The van der Waals surface area contributed by atoms with Crippen molar-refractivity contribution in [2.45, 2.75) is 0 Å². The van der Waals surface area contributed by atoms with Crippen LogP contribution >= 0.6 is 0 Å². The van der Waals surface area contributed by atoms with E-state index in [-0.39, 0.29) is 0 Å². The fraction of sp³-hybridized carbons (Fsp3) is 0.0370. The number of fused-ring (bicyclic) bond motifs is 2. The van der Waals surface area contributed by atoms with Crippen molar-refractivity contribution in [2.24, 2.45) is 0 Å². The number of nitrogens with zero attached hydrogens (tertiary/aromatic N) is 1. The first-order valence-electron chi connectivity index (χ1n) is 9.75. The Morgan fingerprint density at radius 2 is 1.07 bits per heavy atom. The van der Waals surface area contributed by atoms with Crippen LogP contribution in [-0.2, 0) is 0 Å². The van der Waals surface area contributed by atoms with Gasteiger partial charge in [0, 0.05) is 22.5 Å². The molecule has 0 bridgehead atoms. The van der Waals surface area contributed by atoms with Crippen LogP contribution in [0.15, 0.2) is 109 Å². The molecule has 0 unspecified atom stereocenters. The third-order valence-corrected chi connectivity index (χ3v) is 5.33. The summed E-state index contributed by atoms with van der Waals surface area (Å²) in [5.41, 5.74) is 3.36. The van der Waals surface area contributed by atoms with E-state index in [2.05, 4.69) is 102 Å². The molecule has 0 aliphatic heterocycles. The van der Waals surface area contributed by atoms with Crippen molar-refractivity contribution >= 4 is 38.6 Å². The molecule has 5 aromatic rings. The van der Waals surface area contributed by atoms with Gasteiger partial charge >= 0.3 is 0 Å². The van der Waals surface area contributed by atoms with Crippen molar-refractivity contribution in [3.8, 4) is 5.75 Å². The molecule has 2 nitrogen and oxygen atoms in total. The summed E-state index contributed by atoms with van der Waals surface area (Å²) in [4.78, 5) is 2.33. The van der Waals surface area contributed by atoms with E-state index >= 15 is 0 Å². The fourth-order valence-corrected chi connectivity index (χ4v) is 3.96. The van der Waals surface area contributed by atoms with Gasteiger partial charge in [-0.15, -0.1) is 0 Å². The predicted octanol–water partition coefficient (Wildman–Crippen LogP) is 7.47. The molecule has 0 saturated carbocycles. The lowest BCUT2D eigenvalue weighted by Gasteiger charge is -2.28. The fourth-order valence-electron chi connectivity index (χ4n) is 3.96. The molecule has 5 aromatic carbocycles. The van der Waals surface area contributed by atoms with Gasteiger partial charge in [0.15, 0.2) is 0 Å². The van der Waals surface area contributed by atoms with Crippen LogP contribution in [0, 0.1) is 0 Å². The van der Waals surface area contributed by atoms with E-state index < -0.39 is 0 Å². The molecular formula is C27H21NO. The molecule has 0 fully saturated rings. The zero-order chi connectivity index (χ0) is 19.6. The van der Waals surface area contributed by atoms with Crippen molar-refractivity contribution in [2.75, 3.05) is 12.0 Å². The van der Waals surface area contributed by atoms with Gasteiger partial charge in [0.2, 0.25) is 0 Å². The Bertz CT molecular complexity index is 1220. The first-order chi connectivity index (χ1) is 14.3. The van der Waals surface area contributed by atoms with Gasteiger partial charge in [0.05, 0.1) is 18.5 Å². The van der Waals surface area contributed by atoms with Crippen LogP contribution in [0.5, 0.6) is 5.75 Å². The highest BCUT2D eigenvalue weighted by atomic mass is 16.5. The van der Waals surface area contributed by atoms with E-state index in [9.17, 15) is 0 Å². The first kappa shape index (κ1) is 17.3. The second kappa shape index (κ2) is 7.33. The van der Waals surface area contributed by atoms with Gasteiger partial charge in [-0.05, 0) is 35.0 Å². The number of methoxy groups -OCH3 is 1. The van der Waals surface area contributed by atoms with Crippen molar-refractivity contribution in [3.63, 3.8) is 0 Å². The Hall–Kier alpha value is -3.78. The molecule has 5 rings (SSSR count). The molecular weight excluding hydrogens is 354 g/mol. The summed E-state index contributed by atoms with van der Waals surface area (Å²) in [6.07, 6.45) is 0. The lowest BCUT2D eigenvalue weighted by atomic mass is 10.0. The smallest absolute Gasteiger partial charge is 0.120 e. The number of rotatable bonds is 4. The third-order valence-electron chi connectivity index (χ3n) is 5.33. The van der Waals surface area contributed by atoms with Crippen LogP contribution in [-0.4, -0.2) is 7.11 Å². The Labute approximate surface area is 170 Å². The minimum Gasteiger partial charge on any atom is -0.497 e. The monoisotopic (exact) mass is 375 g/mol. The molecule has 0 aromatic heterocycles. The summed E-state index contributed by atoms with van der Waals surface area (Å²) in [6.45, 7) is 0. The van der Waals surface area contributed by atoms with Gasteiger partial charge in [-0.2, -0.15) is 0 Å². The van der Waals surface area contributed by atoms with Crippen LogP contribution < -0.4 is 9.64 Å². The summed E-state index contributed by atoms with van der Waals surface area (Å²) in [5.74, 6) is 0.841. The van der Waals surface area contributed by atoms with Crippen LogP contribution in [0.2, 0.25) is 0 Å². The van der Waals surface area contributed by atoms with Crippen LogP contribution in [0.4, 0.5) is 17.1 Å². The molecule has 0 aliphatic rings. The van der Waals surface area contributed by atoms with Crippen LogP contribution in [0.25, 0.3) is 21.5 Å². The molecule has 0 spiro atoms. The molecule has 0 aliphatic carbocycles. The zero-order valence-electron chi connectivity index (χ0n) is 16.2. The van der Waals surface area contributed by atoms with E-state index in [1.165, 1.54) is 21.5 Å². The van der Waals surface area contributed by atoms with Gasteiger partial charge in [-0.25, -0.2) is 0 Å². The average molecular weight is 375 g/mol. The maximum absolute atomic E-state index is 5.53. The number of anilines is 3. The minimum atomic E-state index is 0.841. The van der Waals surface area contributed by atoms with Gasteiger partial charge in [-0.1, -0.05) is 78.9 Å². The Morgan fingerprint density at radius 1 is 0.552 bits per heavy atom. The highest BCUT2D eigenvalue weighted by Crippen LogP contribution is 2.42. The Morgan fingerprint density at radius 3 is 1.66 bits per heavy atom. The molecule has 2 heteroatoms. The number of hydrogen-bond acceptors (Lipinski definition) is 2. The molecule has 29 heavy (non-hydrogen) atoms. The SMILES string of the molecule is COc1cccc(N(c2cccc3ccccc23)c2cccc3ccccc23)c1. The highest BCUT2D eigenvalue weighted by Gasteiger charge is 2.17. The van der Waals surface area contributed by atoms with Crippen molar-refractivity contribution < 1.29 is 4.74 Å². The van der Waals surface area contributed by atoms with Crippen molar-refractivity contribution in [1.82, 2.24) is 0 Å².